The van der Waals surface area contributed by atoms with Crippen molar-refractivity contribution in [3.63, 3.8) is 0 Å². The van der Waals surface area contributed by atoms with E-state index in [0.717, 1.165) is 42.6 Å². The maximum atomic E-state index is 11.0. The molecule has 24 heavy (non-hydrogen) atoms. The molecule has 4 nitrogen and oxygen atoms in total. The maximum absolute atomic E-state index is 11.0. The van der Waals surface area contributed by atoms with E-state index < -0.39 is 5.97 Å². The fraction of sp³-hybridized carbons (Fsp3) is 0.263. The quantitative estimate of drug-likeness (QED) is 0.721. The molecule has 0 amide bonds. The van der Waals surface area contributed by atoms with Crippen molar-refractivity contribution in [1.29, 1.82) is 0 Å². The van der Waals surface area contributed by atoms with Crippen molar-refractivity contribution < 1.29 is 9.90 Å². The standard InChI is InChI=1S/C19H20N2O2.ClH/c1-2-3-6-16-17(21-12-5-4-7-18(21)20-16)13-14-8-10-15(11-9-14)19(22)23;/h4-5,7-12H,2-3,6,13H2,1H3,(H,22,23);1H. The van der Waals surface area contributed by atoms with Crippen molar-refractivity contribution in [3.8, 4) is 0 Å². The second kappa shape index (κ2) is 7.97. The van der Waals surface area contributed by atoms with Crippen LogP contribution in [0.2, 0.25) is 0 Å². The van der Waals surface area contributed by atoms with Crippen LogP contribution in [-0.4, -0.2) is 20.5 Å². The number of fused-ring (bicyclic) bond motifs is 1. The van der Waals surface area contributed by atoms with Crippen LogP contribution in [0.15, 0.2) is 48.7 Å². The van der Waals surface area contributed by atoms with Crippen molar-refractivity contribution >= 4 is 24.0 Å². The van der Waals surface area contributed by atoms with E-state index >= 15 is 0 Å². The van der Waals surface area contributed by atoms with Crippen LogP contribution < -0.4 is 0 Å². The number of rotatable bonds is 6. The molecule has 0 bridgehead atoms. The van der Waals surface area contributed by atoms with Gasteiger partial charge in [-0.15, -0.1) is 12.4 Å². The van der Waals surface area contributed by atoms with Crippen LogP contribution in [0, 0.1) is 0 Å². The van der Waals surface area contributed by atoms with Crippen LogP contribution in [0.5, 0.6) is 0 Å². The molecule has 3 aromatic rings. The van der Waals surface area contributed by atoms with Gasteiger partial charge in [-0.3, -0.25) is 0 Å². The SMILES string of the molecule is CCCCc1nc2ccccn2c1Cc1ccc(C(=O)O)cc1.Cl. The first-order valence-electron chi connectivity index (χ1n) is 7.96. The van der Waals surface area contributed by atoms with Crippen molar-refractivity contribution in [2.45, 2.75) is 32.6 Å². The Morgan fingerprint density at radius 2 is 1.92 bits per heavy atom. The molecule has 2 heterocycles. The fourth-order valence-corrected chi connectivity index (χ4v) is 2.79. The van der Waals surface area contributed by atoms with Gasteiger partial charge in [0, 0.05) is 12.6 Å². The van der Waals surface area contributed by atoms with Gasteiger partial charge in [0.2, 0.25) is 0 Å². The van der Waals surface area contributed by atoms with E-state index in [1.54, 1.807) is 12.1 Å². The first kappa shape index (κ1) is 18.0. The maximum Gasteiger partial charge on any atom is 0.335 e. The number of aromatic nitrogens is 2. The number of unbranched alkanes of at least 4 members (excludes halogenated alkanes) is 1. The summed E-state index contributed by atoms with van der Waals surface area (Å²) in [7, 11) is 0. The Hall–Kier alpha value is -2.33. The topological polar surface area (TPSA) is 54.6 Å². The smallest absolute Gasteiger partial charge is 0.335 e. The summed E-state index contributed by atoms with van der Waals surface area (Å²) in [4.78, 5) is 15.7. The second-order valence-corrected chi connectivity index (χ2v) is 5.72. The lowest BCUT2D eigenvalue weighted by molar-refractivity contribution is 0.0697. The highest BCUT2D eigenvalue weighted by molar-refractivity contribution is 5.87. The number of aryl methyl sites for hydroxylation is 1. The average molecular weight is 345 g/mol. The van der Waals surface area contributed by atoms with Gasteiger partial charge in [0.25, 0.3) is 0 Å². The molecule has 0 aliphatic carbocycles. The van der Waals surface area contributed by atoms with Crippen molar-refractivity contribution in [2.24, 2.45) is 0 Å². The Bertz CT molecular complexity index is 825. The molecule has 2 aromatic heterocycles. The Morgan fingerprint density at radius 1 is 1.17 bits per heavy atom. The van der Waals surface area contributed by atoms with Gasteiger partial charge in [0.1, 0.15) is 5.65 Å². The minimum atomic E-state index is -0.894. The monoisotopic (exact) mass is 344 g/mol. The van der Waals surface area contributed by atoms with Gasteiger partial charge in [0.15, 0.2) is 0 Å². The summed E-state index contributed by atoms with van der Waals surface area (Å²) in [5.41, 5.74) is 4.71. The van der Waals surface area contributed by atoms with E-state index in [2.05, 4.69) is 11.3 Å². The predicted octanol–water partition coefficient (Wildman–Crippen LogP) is 4.39. The zero-order chi connectivity index (χ0) is 16.2. The minimum absolute atomic E-state index is 0. The van der Waals surface area contributed by atoms with Crippen LogP contribution in [0.25, 0.3) is 5.65 Å². The summed E-state index contributed by atoms with van der Waals surface area (Å²) in [6.07, 6.45) is 6.03. The third-order valence-corrected chi connectivity index (χ3v) is 4.05. The number of benzene rings is 1. The van der Waals surface area contributed by atoms with Crippen LogP contribution in [0.1, 0.15) is 47.1 Å². The van der Waals surface area contributed by atoms with Crippen molar-refractivity contribution in [2.75, 3.05) is 0 Å². The fourth-order valence-electron chi connectivity index (χ4n) is 2.79. The molecule has 1 N–H and O–H groups in total. The molecular formula is C19H21ClN2O2. The molecule has 0 saturated heterocycles. The third-order valence-electron chi connectivity index (χ3n) is 4.05. The zero-order valence-corrected chi connectivity index (χ0v) is 14.4. The third kappa shape index (κ3) is 3.77. The molecule has 1 aromatic carbocycles. The predicted molar refractivity (Wildman–Crippen MR) is 97.3 cm³/mol. The molecule has 126 valence electrons. The van der Waals surface area contributed by atoms with Crippen LogP contribution in [0.3, 0.4) is 0 Å². The van der Waals surface area contributed by atoms with Crippen molar-refractivity contribution in [3.05, 3.63) is 71.2 Å². The lowest BCUT2D eigenvalue weighted by atomic mass is 10.0. The summed E-state index contributed by atoms with van der Waals surface area (Å²) in [6.45, 7) is 2.18. The summed E-state index contributed by atoms with van der Waals surface area (Å²) in [5.74, 6) is -0.894. The van der Waals surface area contributed by atoms with Crippen LogP contribution in [-0.2, 0) is 12.8 Å². The van der Waals surface area contributed by atoms with Crippen LogP contribution in [0.4, 0.5) is 0 Å². The number of imidazole rings is 1. The molecule has 0 aliphatic heterocycles. The van der Waals surface area contributed by atoms with Crippen LogP contribution >= 0.6 is 12.4 Å². The van der Waals surface area contributed by atoms with E-state index in [1.807, 2.05) is 36.5 Å². The normalized spacial score (nSPS) is 10.5. The number of halogens is 1. The first-order chi connectivity index (χ1) is 11.2. The van der Waals surface area contributed by atoms with E-state index in [-0.39, 0.29) is 12.4 Å². The van der Waals surface area contributed by atoms with Gasteiger partial charge in [-0.25, -0.2) is 9.78 Å². The average Bonchev–Trinajstić information content (AvgIpc) is 2.91. The van der Waals surface area contributed by atoms with E-state index in [1.165, 1.54) is 5.69 Å². The number of aromatic carboxylic acids is 1. The minimum Gasteiger partial charge on any atom is -0.478 e. The molecule has 0 radical (unpaired) electrons. The van der Waals surface area contributed by atoms with E-state index in [4.69, 9.17) is 10.1 Å². The number of hydrogen-bond acceptors (Lipinski definition) is 2. The molecule has 0 fully saturated rings. The molecule has 0 aliphatic rings. The van der Waals surface area contributed by atoms with Gasteiger partial charge >= 0.3 is 5.97 Å². The summed E-state index contributed by atoms with van der Waals surface area (Å²) in [5, 5.41) is 9.00. The lowest BCUT2D eigenvalue weighted by Crippen LogP contribution is -2.00. The Balaban J connectivity index is 0.00000208. The highest BCUT2D eigenvalue weighted by Gasteiger charge is 2.12. The highest BCUT2D eigenvalue weighted by atomic mass is 35.5. The Labute approximate surface area is 147 Å². The molecule has 0 spiro atoms. The molecule has 0 saturated carbocycles. The Morgan fingerprint density at radius 3 is 2.58 bits per heavy atom. The lowest BCUT2D eigenvalue weighted by Gasteiger charge is -2.06. The molecular weight excluding hydrogens is 324 g/mol. The van der Waals surface area contributed by atoms with Gasteiger partial charge in [-0.1, -0.05) is 31.5 Å². The zero-order valence-electron chi connectivity index (χ0n) is 13.6. The Kier molecular flexibility index (Phi) is 5.99. The van der Waals surface area contributed by atoms with E-state index in [9.17, 15) is 4.79 Å². The number of carboxylic acids is 1. The second-order valence-electron chi connectivity index (χ2n) is 5.72. The number of hydrogen-bond donors (Lipinski definition) is 1. The highest BCUT2D eigenvalue weighted by Crippen LogP contribution is 2.19. The molecule has 3 rings (SSSR count). The number of carboxylic acid groups (broad SMARTS) is 1. The van der Waals surface area contributed by atoms with Gasteiger partial charge in [-0.2, -0.15) is 0 Å². The van der Waals surface area contributed by atoms with Gasteiger partial charge in [0.05, 0.1) is 17.0 Å². The van der Waals surface area contributed by atoms with Gasteiger partial charge in [-0.05, 0) is 42.7 Å². The summed E-state index contributed by atoms with van der Waals surface area (Å²) >= 11 is 0. The van der Waals surface area contributed by atoms with Gasteiger partial charge < -0.3 is 9.51 Å². The molecule has 5 heteroatoms. The molecule has 0 unspecified atom stereocenters. The summed E-state index contributed by atoms with van der Waals surface area (Å²) in [6, 6.07) is 13.1. The number of carbonyl (C=O) groups is 1. The van der Waals surface area contributed by atoms with E-state index in [0.29, 0.717) is 5.56 Å². The summed E-state index contributed by atoms with van der Waals surface area (Å²) < 4.78 is 2.14. The van der Waals surface area contributed by atoms with Crippen molar-refractivity contribution in [1.82, 2.24) is 9.38 Å². The largest absolute Gasteiger partial charge is 0.478 e. The first-order valence-corrected chi connectivity index (χ1v) is 7.96. The number of pyridine rings is 1. The molecule has 0 atom stereocenters. The number of nitrogens with zero attached hydrogens (tertiary/aromatic N) is 2.